The average Bonchev–Trinajstić information content (AvgIpc) is 2.89. The molecule has 2 rings (SSSR count). The van der Waals surface area contributed by atoms with Crippen LogP contribution in [0.15, 0.2) is 35.0 Å². The summed E-state index contributed by atoms with van der Waals surface area (Å²) in [6.45, 7) is 0.441. The summed E-state index contributed by atoms with van der Waals surface area (Å²) in [5.41, 5.74) is 6.71. The first-order chi connectivity index (χ1) is 9.08. The van der Waals surface area contributed by atoms with E-state index in [1.807, 2.05) is 16.8 Å². The zero-order valence-electron chi connectivity index (χ0n) is 9.85. The molecular formula is C13H11ClN2O2S. The first-order valence-electron chi connectivity index (χ1n) is 5.46. The summed E-state index contributed by atoms with van der Waals surface area (Å²) in [6.07, 6.45) is 0. The lowest BCUT2D eigenvalue weighted by Gasteiger charge is -2.06. The minimum atomic E-state index is -0.655. The number of thiophene rings is 1. The molecule has 0 saturated heterocycles. The first kappa shape index (κ1) is 13.6. The summed E-state index contributed by atoms with van der Waals surface area (Å²) in [6, 6.07) is 6.37. The van der Waals surface area contributed by atoms with Gasteiger partial charge in [0.1, 0.15) is 0 Å². The van der Waals surface area contributed by atoms with Gasteiger partial charge in [-0.25, -0.2) is 0 Å². The van der Waals surface area contributed by atoms with Crippen molar-refractivity contribution in [3.05, 3.63) is 56.7 Å². The highest BCUT2D eigenvalue weighted by atomic mass is 35.5. The molecule has 0 bridgehead atoms. The maximum absolute atomic E-state index is 11.9. The number of rotatable bonds is 4. The van der Waals surface area contributed by atoms with Crippen LogP contribution in [0.5, 0.6) is 0 Å². The normalized spacial score (nSPS) is 10.2. The number of nitrogens with one attached hydrogen (secondary N) is 1. The van der Waals surface area contributed by atoms with Crippen molar-refractivity contribution in [2.45, 2.75) is 6.54 Å². The van der Waals surface area contributed by atoms with Gasteiger partial charge in [0.25, 0.3) is 5.91 Å². The molecule has 1 heterocycles. The number of hydrogen-bond acceptors (Lipinski definition) is 3. The quantitative estimate of drug-likeness (QED) is 0.909. The van der Waals surface area contributed by atoms with Crippen molar-refractivity contribution >= 4 is 34.8 Å². The van der Waals surface area contributed by atoms with Gasteiger partial charge in [0, 0.05) is 12.1 Å². The molecule has 0 aliphatic rings. The molecule has 4 nitrogen and oxygen atoms in total. The van der Waals surface area contributed by atoms with Crippen LogP contribution in [0.3, 0.4) is 0 Å². The summed E-state index contributed by atoms with van der Waals surface area (Å²) in [7, 11) is 0. The van der Waals surface area contributed by atoms with Crippen molar-refractivity contribution in [2.75, 3.05) is 0 Å². The Balaban J connectivity index is 2.11. The monoisotopic (exact) mass is 294 g/mol. The number of carbonyl (C=O) groups excluding carboxylic acids is 2. The molecule has 0 aliphatic carbocycles. The molecule has 6 heteroatoms. The maximum Gasteiger partial charge on any atom is 0.251 e. The first-order valence-corrected chi connectivity index (χ1v) is 6.78. The fourth-order valence-corrected chi connectivity index (χ4v) is 2.41. The molecule has 0 saturated carbocycles. The van der Waals surface area contributed by atoms with Gasteiger partial charge in [-0.15, -0.1) is 0 Å². The minimum absolute atomic E-state index is 0.143. The maximum atomic E-state index is 11.9. The summed E-state index contributed by atoms with van der Waals surface area (Å²) in [5.74, 6) is -0.928. The third-order valence-electron chi connectivity index (χ3n) is 2.53. The second kappa shape index (κ2) is 5.86. The second-order valence-electron chi connectivity index (χ2n) is 3.87. The molecule has 0 aliphatic heterocycles. The smallest absolute Gasteiger partial charge is 0.251 e. The third kappa shape index (κ3) is 3.33. The van der Waals surface area contributed by atoms with E-state index in [2.05, 4.69) is 5.32 Å². The lowest BCUT2D eigenvalue weighted by atomic mass is 10.1. The van der Waals surface area contributed by atoms with E-state index in [-0.39, 0.29) is 16.5 Å². The van der Waals surface area contributed by atoms with Crippen LogP contribution in [0.1, 0.15) is 26.3 Å². The molecule has 2 amide bonds. The summed E-state index contributed by atoms with van der Waals surface area (Å²) >= 11 is 7.39. The number of carbonyl (C=O) groups is 2. The van der Waals surface area contributed by atoms with E-state index in [1.54, 1.807) is 17.4 Å². The molecular weight excluding hydrogens is 284 g/mol. The number of benzene rings is 1. The highest BCUT2D eigenvalue weighted by Gasteiger charge is 2.12. The summed E-state index contributed by atoms with van der Waals surface area (Å²) < 4.78 is 0. The average molecular weight is 295 g/mol. The zero-order valence-corrected chi connectivity index (χ0v) is 11.4. The Bertz CT molecular complexity index is 611. The summed E-state index contributed by atoms with van der Waals surface area (Å²) in [4.78, 5) is 23.1. The molecule has 0 unspecified atom stereocenters. The highest BCUT2D eigenvalue weighted by molar-refractivity contribution is 7.07. The molecule has 3 N–H and O–H groups in total. The van der Waals surface area contributed by atoms with Gasteiger partial charge in [-0.1, -0.05) is 11.6 Å². The van der Waals surface area contributed by atoms with Crippen molar-refractivity contribution < 1.29 is 9.59 Å². The summed E-state index contributed by atoms with van der Waals surface area (Å²) in [5, 5.41) is 6.89. The molecule has 0 radical (unpaired) electrons. The van der Waals surface area contributed by atoms with Crippen LogP contribution in [-0.2, 0) is 6.54 Å². The van der Waals surface area contributed by atoms with Crippen molar-refractivity contribution in [3.63, 3.8) is 0 Å². The van der Waals surface area contributed by atoms with Crippen molar-refractivity contribution in [3.8, 4) is 0 Å². The third-order valence-corrected chi connectivity index (χ3v) is 3.59. The van der Waals surface area contributed by atoms with Crippen molar-refractivity contribution in [1.29, 1.82) is 0 Å². The molecule has 0 fully saturated rings. The van der Waals surface area contributed by atoms with E-state index in [9.17, 15) is 9.59 Å². The van der Waals surface area contributed by atoms with E-state index in [0.717, 1.165) is 5.56 Å². The highest BCUT2D eigenvalue weighted by Crippen LogP contribution is 2.17. The number of amides is 2. The van der Waals surface area contributed by atoms with Crippen LogP contribution in [0.4, 0.5) is 0 Å². The molecule has 19 heavy (non-hydrogen) atoms. The van der Waals surface area contributed by atoms with Gasteiger partial charge in [0.2, 0.25) is 5.91 Å². The molecule has 1 aromatic carbocycles. The standard InChI is InChI=1S/C13H11ClN2O2S/c14-11-2-1-9(5-10(11)12(15)17)13(18)16-6-8-3-4-19-7-8/h1-5,7H,6H2,(H2,15,17)(H,16,18). The lowest BCUT2D eigenvalue weighted by molar-refractivity contribution is 0.0951. The van der Waals surface area contributed by atoms with E-state index in [4.69, 9.17) is 17.3 Å². The van der Waals surface area contributed by atoms with Crippen LogP contribution in [0.25, 0.3) is 0 Å². The Morgan fingerprint density at radius 2 is 2.11 bits per heavy atom. The van der Waals surface area contributed by atoms with Crippen molar-refractivity contribution in [1.82, 2.24) is 5.32 Å². The van der Waals surface area contributed by atoms with Gasteiger partial charge in [-0.05, 0) is 40.6 Å². The molecule has 98 valence electrons. The van der Waals surface area contributed by atoms with Gasteiger partial charge in [0.15, 0.2) is 0 Å². The van der Waals surface area contributed by atoms with Gasteiger partial charge in [-0.2, -0.15) is 11.3 Å². The van der Waals surface area contributed by atoms with E-state index < -0.39 is 5.91 Å². The van der Waals surface area contributed by atoms with E-state index >= 15 is 0 Å². The molecule has 0 atom stereocenters. The molecule has 0 spiro atoms. The van der Waals surface area contributed by atoms with Crippen LogP contribution >= 0.6 is 22.9 Å². The number of halogens is 1. The van der Waals surface area contributed by atoms with Gasteiger partial charge in [0.05, 0.1) is 10.6 Å². The predicted octanol–water partition coefficient (Wildman–Crippen LogP) is 2.43. The molecule has 1 aromatic heterocycles. The fourth-order valence-electron chi connectivity index (χ4n) is 1.53. The Kier molecular flexibility index (Phi) is 4.19. The fraction of sp³-hybridized carbons (Fsp3) is 0.0769. The Morgan fingerprint density at radius 1 is 1.32 bits per heavy atom. The van der Waals surface area contributed by atoms with Crippen LogP contribution in [-0.4, -0.2) is 11.8 Å². The van der Waals surface area contributed by atoms with Crippen LogP contribution < -0.4 is 11.1 Å². The topological polar surface area (TPSA) is 72.2 Å². The SMILES string of the molecule is NC(=O)c1cc(C(=O)NCc2ccsc2)ccc1Cl. The van der Waals surface area contributed by atoms with Crippen LogP contribution in [0, 0.1) is 0 Å². The van der Waals surface area contributed by atoms with Crippen LogP contribution in [0.2, 0.25) is 5.02 Å². The number of primary amides is 1. The Labute approximate surface area is 119 Å². The van der Waals surface area contributed by atoms with Gasteiger partial charge >= 0.3 is 0 Å². The largest absolute Gasteiger partial charge is 0.366 e. The minimum Gasteiger partial charge on any atom is -0.366 e. The van der Waals surface area contributed by atoms with Gasteiger partial charge in [-0.3, -0.25) is 9.59 Å². The zero-order chi connectivity index (χ0) is 13.8. The predicted molar refractivity (Wildman–Crippen MR) is 75.5 cm³/mol. The number of hydrogen-bond donors (Lipinski definition) is 2. The van der Waals surface area contributed by atoms with Crippen molar-refractivity contribution in [2.24, 2.45) is 5.73 Å². The van der Waals surface area contributed by atoms with E-state index in [1.165, 1.54) is 12.1 Å². The Morgan fingerprint density at radius 3 is 2.74 bits per heavy atom. The Hall–Kier alpha value is -1.85. The lowest BCUT2D eigenvalue weighted by Crippen LogP contribution is -2.23. The van der Waals surface area contributed by atoms with Gasteiger partial charge < -0.3 is 11.1 Å². The second-order valence-corrected chi connectivity index (χ2v) is 5.06. The molecule has 2 aromatic rings. The van der Waals surface area contributed by atoms with E-state index in [0.29, 0.717) is 12.1 Å². The number of nitrogens with two attached hydrogens (primary N) is 1.